The van der Waals surface area contributed by atoms with E-state index in [0.29, 0.717) is 11.1 Å². The minimum absolute atomic E-state index is 0. The van der Waals surface area contributed by atoms with Crippen molar-refractivity contribution >= 4 is 94.7 Å². The summed E-state index contributed by atoms with van der Waals surface area (Å²) in [6.45, 7) is 4.80. The third-order valence-electron chi connectivity index (χ3n) is 4.70. The number of H-pyrrole nitrogens is 1. The molecule has 39 heavy (non-hydrogen) atoms. The third-order valence-corrected chi connectivity index (χ3v) is 6.02. The van der Waals surface area contributed by atoms with Crippen LogP contribution in [0.15, 0.2) is 57.7 Å². The van der Waals surface area contributed by atoms with E-state index in [-0.39, 0.29) is 123 Å². The second kappa shape index (κ2) is 23.3. The van der Waals surface area contributed by atoms with Crippen molar-refractivity contribution in [3.63, 3.8) is 0 Å². The van der Waals surface area contributed by atoms with Crippen LogP contribution in [0.3, 0.4) is 0 Å². The number of methoxy groups -OCH3 is 2. The number of aromatic amines is 1. The van der Waals surface area contributed by atoms with Gasteiger partial charge in [0.25, 0.3) is 6.47 Å². The van der Waals surface area contributed by atoms with E-state index in [2.05, 4.69) is 76.0 Å². The minimum Gasteiger partial charge on any atom is -1.00 e. The fourth-order valence-corrected chi connectivity index (χ4v) is 4.40. The van der Waals surface area contributed by atoms with E-state index in [9.17, 15) is 9.59 Å². The van der Waals surface area contributed by atoms with Gasteiger partial charge in [0.1, 0.15) is 0 Å². The number of halogens is 3. The number of ether oxygens (including phenoxy) is 2. The molecule has 0 saturated heterocycles. The van der Waals surface area contributed by atoms with Gasteiger partial charge in [-0.05, 0) is 35.6 Å². The number of esters is 2. The molecular formula is C25H27Br2IK2N2O7. The summed E-state index contributed by atoms with van der Waals surface area (Å²) in [5, 5.41) is 10.2. The van der Waals surface area contributed by atoms with Gasteiger partial charge in [0.05, 0.1) is 30.9 Å². The van der Waals surface area contributed by atoms with Gasteiger partial charge in [-0.25, -0.2) is 9.59 Å². The van der Waals surface area contributed by atoms with Crippen molar-refractivity contribution in [1.82, 2.24) is 9.55 Å². The molecule has 0 amide bonds. The molecule has 1 N–H and O–H groups in total. The second-order valence-electron chi connectivity index (χ2n) is 6.77. The maximum Gasteiger partial charge on any atom is 1.00 e. The first-order chi connectivity index (χ1) is 17.7. The van der Waals surface area contributed by atoms with Crippen molar-refractivity contribution in [2.75, 3.05) is 18.6 Å². The number of aryl methyl sites for hydroxylation is 1. The van der Waals surface area contributed by atoms with Gasteiger partial charge in [0.15, 0.2) is 0 Å². The molecule has 9 nitrogen and oxygen atoms in total. The summed E-state index contributed by atoms with van der Waals surface area (Å²) in [5.41, 5.74) is 3.11. The first-order valence-corrected chi connectivity index (χ1v) is 13.8. The molecule has 202 valence electrons. The Kier molecular flexibility index (Phi) is 25.1. The van der Waals surface area contributed by atoms with Crippen LogP contribution in [0.25, 0.3) is 21.8 Å². The number of benzene rings is 2. The van der Waals surface area contributed by atoms with Gasteiger partial charge in [-0.2, -0.15) is 0 Å². The zero-order chi connectivity index (χ0) is 28.0. The predicted octanol–water partition coefficient (Wildman–Crippen LogP) is -0.0762. The molecule has 0 aliphatic rings. The molecule has 0 fully saturated rings. The van der Waals surface area contributed by atoms with Crippen LogP contribution in [0, 0.1) is 0 Å². The average molecular weight is 832 g/mol. The molecule has 0 radical (unpaired) electrons. The number of hydrogen-bond acceptors (Lipinski definition) is 7. The standard InChI is InChI=1S/C12H12BrNO2.C10H8BrNO2.C2H5I.CH2O3.2K.H/c1-3-14-7-8(12(15)16-2)11-9(13)5-4-6-10(11)14;1-14-10(13)6-5-12-8-4-2-3-7(11)9(6)8;1-2-3;2-1-4-3;;;/h4-7H,3H2,1-2H3;2-5,12H,1H3;2H2,1H3;1,3H;;;/q;;;;2*+1;-1/p-1. The Balaban J connectivity index is -0.000000526. The Labute approximate surface area is 344 Å². The number of nitrogens with one attached hydrogen (secondary N) is 1. The SMILES string of the molecule is CCI.CCn1cc(C(=O)OC)c2c(Br)cccc21.COC(=O)c1c[nH]c2cccc(Br)c12.O=CO[O-].[H-].[K+].[K+]. The van der Waals surface area contributed by atoms with Crippen LogP contribution in [0.4, 0.5) is 0 Å². The molecule has 14 heteroatoms. The first kappa shape index (κ1) is 42.0. The van der Waals surface area contributed by atoms with Crippen LogP contribution in [-0.4, -0.2) is 46.6 Å². The molecule has 0 aliphatic heterocycles. The molecule has 2 aromatic heterocycles. The molecule has 0 bridgehead atoms. The number of fused-ring (bicyclic) bond motifs is 2. The summed E-state index contributed by atoms with van der Waals surface area (Å²) in [6, 6.07) is 11.6. The van der Waals surface area contributed by atoms with Crippen molar-refractivity contribution in [3.05, 3.63) is 68.9 Å². The fraction of sp³-hybridized carbons (Fsp3) is 0.240. The number of nitrogens with zero attached hydrogens (tertiary/aromatic N) is 1. The van der Waals surface area contributed by atoms with Gasteiger partial charge in [-0.15, -0.1) is 0 Å². The summed E-state index contributed by atoms with van der Waals surface area (Å²) in [4.78, 5) is 37.3. The Morgan fingerprint density at radius 1 is 1.00 bits per heavy atom. The molecule has 2 aromatic carbocycles. The topological polar surface area (TPSA) is 123 Å². The third kappa shape index (κ3) is 12.5. The number of aromatic nitrogens is 2. The summed E-state index contributed by atoms with van der Waals surface area (Å²) in [6.07, 6.45) is 3.49. The maximum atomic E-state index is 11.7. The number of alkyl halides is 1. The van der Waals surface area contributed by atoms with Crippen LogP contribution < -0.4 is 108 Å². The van der Waals surface area contributed by atoms with Crippen molar-refractivity contribution in [2.24, 2.45) is 0 Å². The summed E-state index contributed by atoms with van der Waals surface area (Å²) in [5.74, 6) is -0.632. The monoisotopic (exact) mass is 830 g/mol. The van der Waals surface area contributed by atoms with E-state index in [1.165, 1.54) is 18.6 Å². The van der Waals surface area contributed by atoms with E-state index in [1.54, 1.807) is 6.20 Å². The van der Waals surface area contributed by atoms with E-state index in [4.69, 9.17) is 14.8 Å². The first-order valence-electron chi connectivity index (χ1n) is 10.7. The Hall–Kier alpha value is 0.853. The molecule has 0 aliphatic carbocycles. The summed E-state index contributed by atoms with van der Waals surface area (Å²) in [7, 11) is 2.77. The van der Waals surface area contributed by atoms with Crippen molar-refractivity contribution < 1.29 is 138 Å². The molecule has 4 aromatic rings. The van der Waals surface area contributed by atoms with E-state index in [0.717, 1.165) is 37.3 Å². The number of carbonyl (C=O) groups is 3. The summed E-state index contributed by atoms with van der Waals surface area (Å²) < 4.78 is 14.5. The van der Waals surface area contributed by atoms with Crippen LogP contribution in [0.1, 0.15) is 36.0 Å². The number of rotatable bonds is 4. The molecule has 0 unspecified atom stereocenters. The van der Waals surface area contributed by atoms with Crippen LogP contribution in [0.2, 0.25) is 0 Å². The Morgan fingerprint density at radius 2 is 1.49 bits per heavy atom. The second-order valence-corrected chi connectivity index (χ2v) is 10.0. The van der Waals surface area contributed by atoms with Crippen LogP contribution >= 0.6 is 54.5 Å². The van der Waals surface area contributed by atoms with Crippen molar-refractivity contribution in [1.29, 1.82) is 0 Å². The normalized spacial score (nSPS) is 9.13. The van der Waals surface area contributed by atoms with E-state index >= 15 is 0 Å². The van der Waals surface area contributed by atoms with Crippen molar-refractivity contribution in [3.8, 4) is 0 Å². The number of carbonyl (C=O) groups excluding carboxylic acids is 3. The zero-order valence-electron chi connectivity index (χ0n) is 23.5. The molecule has 0 atom stereocenters. The Morgan fingerprint density at radius 3 is 1.97 bits per heavy atom. The minimum atomic E-state index is -0.330. The molecule has 0 spiro atoms. The fourth-order valence-electron chi connectivity index (χ4n) is 3.25. The van der Waals surface area contributed by atoms with E-state index < -0.39 is 0 Å². The zero-order valence-corrected chi connectivity index (χ0v) is 34.1. The van der Waals surface area contributed by atoms with Gasteiger partial charge in [-0.3, -0.25) is 4.79 Å². The molecular weight excluding hydrogens is 805 g/mol. The summed E-state index contributed by atoms with van der Waals surface area (Å²) >= 11 is 9.15. The maximum absolute atomic E-state index is 11.7. The predicted molar refractivity (Wildman–Crippen MR) is 157 cm³/mol. The van der Waals surface area contributed by atoms with Gasteiger partial charge < -0.3 is 30.6 Å². The van der Waals surface area contributed by atoms with Gasteiger partial charge in [0, 0.05) is 44.2 Å². The average Bonchev–Trinajstić information content (AvgIpc) is 3.52. The quantitative estimate of drug-likeness (QED) is 0.0582. The van der Waals surface area contributed by atoms with E-state index in [1.807, 2.05) is 54.1 Å². The Bertz CT molecular complexity index is 1340. The van der Waals surface area contributed by atoms with Crippen LogP contribution in [0.5, 0.6) is 0 Å². The number of hydrogen-bond donors (Lipinski definition) is 1. The largest absolute Gasteiger partial charge is 1.00 e. The van der Waals surface area contributed by atoms with Gasteiger partial charge in [0.2, 0.25) is 0 Å². The van der Waals surface area contributed by atoms with Gasteiger partial charge >= 0.3 is 115 Å². The molecule has 2 heterocycles. The van der Waals surface area contributed by atoms with Crippen LogP contribution in [-0.2, 0) is 25.7 Å². The smallest absolute Gasteiger partial charge is 1.00 e. The molecule has 4 rings (SSSR count). The van der Waals surface area contributed by atoms with Crippen molar-refractivity contribution in [2.45, 2.75) is 20.4 Å². The molecule has 0 saturated carbocycles. The van der Waals surface area contributed by atoms with Gasteiger partial charge in [-0.1, -0.05) is 73.5 Å².